The summed E-state index contributed by atoms with van der Waals surface area (Å²) in [4.78, 5) is 35.1. The van der Waals surface area contributed by atoms with Gasteiger partial charge in [-0.05, 0) is 0 Å². The second-order valence-electron chi connectivity index (χ2n) is 10.2. The maximum Gasteiger partial charge on any atom is 0.324 e. The number of hydrogen-bond acceptors (Lipinski definition) is 16. The highest BCUT2D eigenvalue weighted by Crippen LogP contribution is 2.52. The Balaban J connectivity index is 1.20. The van der Waals surface area contributed by atoms with E-state index in [-0.39, 0.29) is 34.1 Å². The molecule has 7 heterocycles. The number of methoxy groups -OCH3 is 1. The molecule has 3 saturated heterocycles. The standard InChI is InChI=1S/C21H26FN11O9P2S/c1-37-13-8-3-39-44(36,45)31-10-7(40-19(9(10)22)32-5-27-11-15(23)25-4-26-16(11)32)2-38-43(35)42-14(13)20(41-8)33-6-28-12-17(33)29-21(24)30-18(12)34/h4-10,13-14,19-20,43H,2-3H2,1H3,(H2,23,25,26)(H2,31,36,45)(H3,24,29,30,34). The van der Waals surface area contributed by atoms with Crippen LogP contribution in [0, 0.1) is 0 Å². The van der Waals surface area contributed by atoms with Crippen molar-refractivity contribution in [1.82, 2.24) is 44.1 Å². The van der Waals surface area contributed by atoms with E-state index >= 15 is 4.39 Å². The van der Waals surface area contributed by atoms with Crippen molar-refractivity contribution in [2.24, 2.45) is 0 Å². The van der Waals surface area contributed by atoms with E-state index in [2.05, 4.69) is 47.2 Å². The number of fused-ring (bicyclic) bond motifs is 5. The van der Waals surface area contributed by atoms with Crippen LogP contribution < -0.4 is 22.1 Å². The lowest BCUT2D eigenvalue weighted by atomic mass is 10.1. The molecular formula is C21H26FN11O9P2S. The summed E-state index contributed by atoms with van der Waals surface area (Å²) in [7, 11) is -2.01. The van der Waals surface area contributed by atoms with Crippen molar-refractivity contribution in [3.63, 3.8) is 0 Å². The lowest BCUT2D eigenvalue weighted by Gasteiger charge is -2.25. The number of nitrogens with two attached hydrogens (primary N) is 2. The first-order valence-corrected chi connectivity index (χ1v) is 17.3. The number of aromatic nitrogens is 8. The molecule has 45 heavy (non-hydrogen) atoms. The van der Waals surface area contributed by atoms with Crippen LogP contribution in [0.5, 0.6) is 0 Å². The van der Waals surface area contributed by atoms with Crippen molar-refractivity contribution in [2.75, 3.05) is 31.8 Å². The third-order valence-corrected chi connectivity index (χ3v) is 10.3. The van der Waals surface area contributed by atoms with Gasteiger partial charge >= 0.3 is 15.0 Å². The fraction of sp³-hybridized carbons (Fsp3) is 0.524. The third kappa shape index (κ3) is 5.43. The summed E-state index contributed by atoms with van der Waals surface area (Å²) in [6.07, 6.45) is -4.85. The molecule has 4 aromatic heterocycles. The SMILES string of the molecule is COC1C2COP(=O)(S)NC3C(CO[PH](=O)OC1C(n1cnc4c(=O)[nH]c(N)nc41)O2)OC(n1cnc2c(N)ncnc21)C3F. The number of anilines is 2. The van der Waals surface area contributed by atoms with Crippen LogP contribution in [0.1, 0.15) is 12.5 Å². The summed E-state index contributed by atoms with van der Waals surface area (Å²) in [6.45, 7) is -4.94. The number of thiol groups is 1. The first kappa shape index (κ1) is 30.6. The maximum atomic E-state index is 16.1. The van der Waals surface area contributed by atoms with Crippen LogP contribution in [0.4, 0.5) is 16.2 Å². The van der Waals surface area contributed by atoms with E-state index in [0.29, 0.717) is 0 Å². The highest BCUT2D eigenvalue weighted by molar-refractivity contribution is 8.45. The van der Waals surface area contributed by atoms with E-state index < -0.39 is 82.8 Å². The van der Waals surface area contributed by atoms with E-state index in [0.717, 1.165) is 0 Å². The molecule has 10 atom stereocenters. The molecule has 242 valence electrons. The van der Waals surface area contributed by atoms with Crippen LogP contribution in [0.2, 0.25) is 0 Å². The minimum atomic E-state index is -4.08. The molecule has 24 heteroatoms. The number of ether oxygens (including phenoxy) is 3. The molecule has 0 amide bonds. The van der Waals surface area contributed by atoms with Gasteiger partial charge in [0.15, 0.2) is 41.3 Å². The normalized spacial score (nSPS) is 36.0. The molecular weight excluding hydrogens is 663 g/mol. The lowest BCUT2D eigenvalue weighted by Crippen LogP contribution is -2.42. The molecule has 0 radical (unpaired) electrons. The van der Waals surface area contributed by atoms with Gasteiger partial charge in [-0.15, -0.1) is 0 Å². The smallest absolute Gasteiger partial charge is 0.324 e. The van der Waals surface area contributed by atoms with Crippen molar-refractivity contribution in [1.29, 1.82) is 0 Å². The molecule has 10 unspecified atom stereocenters. The second kappa shape index (κ2) is 11.6. The first-order chi connectivity index (χ1) is 21.5. The third-order valence-electron chi connectivity index (χ3n) is 7.60. The fourth-order valence-electron chi connectivity index (χ4n) is 5.60. The van der Waals surface area contributed by atoms with Crippen LogP contribution in [0.3, 0.4) is 0 Å². The molecule has 3 aliphatic heterocycles. The Hall–Kier alpha value is -3.04. The van der Waals surface area contributed by atoms with Crippen LogP contribution in [0.15, 0.2) is 23.8 Å². The highest BCUT2D eigenvalue weighted by atomic mass is 32.7. The molecule has 3 fully saturated rings. The molecule has 0 aliphatic carbocycles. The van der Waals surface area contributed by atoms with Crippen LogP contribution in [-0.2, 0) is 36.9 Å². The maximum absolute atomic E-state index is 16.1. The summed E-state index contributed by atoms with van der Waals surface area (Å²) < 4.78 is 80.2. The topological polar surface area (TPSA) is 261 Å². The van der Waals surface area contributed by atoms with Crippen molar-refractivity contribution >= 4 is 61.3 Å². The molecule has 20 nitrogen and oxygen atoms in total. The molecule has 0 spiro atoms. The average molecular weight is 690 g/mol. The van der Waals surface area contributed by atoms with Crippen LogP contribution in [-0.4, -0.2) is 96.0 Å². The summed E-state index contributed by atoms with van der Waals surface area (Å²) >= 11 is 4.17. The van der Waals surface area contributed by atoms with Crippen LogP contribution >= 0.6 is 27.2 Å². The molecule has 4 aromatic rings. The minimum Gasteiger partial charge on any atom is -0.382 e. The van der Waals surface area contributed by atoms with Crippen molar-refractivity contribution in [2.45, 2.75) is 49.1 Å². The number of nitrogens with zero attached hydrogens (tertiary/aromatic N) is 7. The number of H-pyrrole nitrogens is 1. The predicted molar refractivity (Wildman–Crippen MR) is 155 cm³/mol. The van der Waals surface area contributed by atoms with Gasteiger partial charge in [-0.3, -0.25) is 32.6 Å². The van der Waals surface area contributed by atoms with Gasteiger partial charge in [0, 0.05) is 7.11 Å². The Bertz CT molecular complexity index is 1900. The van der Waals surface area contributed by atoms with E-state index in [1.807, 2.05) is 0 Å². The average Bonchev–Trinajstić information content (AvgIpc) is 3.75. The van der Waals surface area contributed by atoms with Crippen LogP contribution in [0.25, 0.3) is 22.3 Å². The number of imidazole rings is 2. The molecule has 6 N–H and O–H groups in total. The van der Waals surface area contributed by atoms with E-state index in [1.165, 1.54) is 35.2 Å². The quantitative estimate of drug-likeness (QED) is 0.141. The molecule has 2 bridgehead atoms. The largest absolute Gasteiger partial charge is 0.382 e. The van der Waals surface area contributed by atoms with E-state index in [4.69, 9.17) is 39.2 Å². The number of alkyl halides is 1. The van der Waals surface area contributed by atoms with Gasteiger partial charge < -0.3 is 34.7 Å². The predicted octanol–water partition coefficient (Wildman–Crippen LogP) is 0.0896. The van der Waals surface area contributed by atoms with E-state index in [9.17, 15) is 13.9 Å². The number of halogens is 1. The highest BCUT2D eigenvalue weighted by Gasteiger charge is 2.52. The Morgan fingerprint density at radius 1 is 1.09 bits per heavy atom. The van der Waals surface area contributed by atoms with Gasteiger partial charge in [0.2, 0.25) is 5.95 Å². The van der Waals surface area contributed by atoms with Gasteiger partial charge in [-0.25, -0.2) is 29.4 Å². The Morgan fingerprint density at radius 3 is 2.60 bits per heavy atom. The van der Waals surface area contributed by atoms with Gasteiger partial charge in [0.25, 0.3) is 5.56 Å². The summed E-state index contributed by atoms with van der Waals surface area (Å²) in [5.41, 5.74) is 11.5. The van der Waals surface area contributed by atoms with Crippen molar-refractivity contribution < 1.29 is 41.3 Å². The summed E-state index contributed by atoms with van der Waals surface area (Å²) in [6, 6.07) is -1.32. The van der Waals surface area contributed by atoms with E-state index in [1.54, 1.807) is 0 Å². The number of rotatable bonds is 3. The minimum absolute atomic E-state index is 0.0397. The number of nitrogens with one attached hydrogen (secondary N) is 2. The monoisotopic (exact) mass is 689 g/mol. The Morgan fingerprint density at radius 2 is 1.82 bits per heavy atom. The summed E-state index contributed by atoms with van der Waals surface area (Å²) in [5.74, 6) is -0.0938. The first-order valence-electron chi connectivity index (χ1n) is 13.3. The van der Waals surface area contributed by atoms with Gasteiger partial charge in [-0.2, -0.15) is 4.98 Å². The van der Waals surface area contributed by atoms with Crippen molar-refractivity contribution in [3.05, 3.63) is 29.3 Å². The zero-order valence-corrected chi connectivity index (χ0v) is 25.8. The zero-order valence-electron chi connectivity index (χ0n) is 23.0. The number of hydrogen-bond donors (Lipinski definition) is 5. The summed E-state index contributed by atoms with van der Waals surface area (Å²) in [5, 5.41) is 2.60. The van der Waals surface area contributed by atoms with Gasteiger partial charge in [-0.1, -0.05) is 12.2 Å². The number of nitrogen functional groups attached to an aromatic ring is 2. The Kier molecular flexibility index (Phi) is 7.92. The van der Waals surface area contributed by atoms with Crippen molar-refractivity contribution in [3.8, 4) is 0 Å². The second-order valence-corrected chi connectivity index (χ2v) is 14.4. The molecule has 0 aromatic carbocycles. The molecule has 3 aliphatic rings. The number of aromatic amines is 1. The van der Waals surface area contributed by atoms with Gasteiger partial charge in [0.05, 0.1) is 31.9 Å². The van der Waals surface area contributed by atoms with Gasteiger partial charge in [0.1, 0.15) is 36.3 Å². The Labute approximate surface area is 256 Å². The zero-order chi connectivity index (χ0) is 31.6. The fourth-order valence-corrected chi connectivity index (χ4v) is 8.15. The molecule has 7 rings (SSSR count). The molecule has 0 saturated carbocycles. The lowest BCUT2D eigenvalue weighted by molar-refractivity contribution is -0.0498.